The molecule has 0 aliphatic heterocycles. The Hall–Kier alpha value is -3.28. The van der Waals surface area contributed by atoms with Gasteiger partial charge in [-0.1, -0.05) is 66.9 Å². The van der Waals surface area contributed by atoms with Gasteiger partial charge in [-0.15, -0.1) is 0 Å². The number of nitrogens with one attached hydrogen (secondary N) is 1. The molecule has 232 valence electrons. The highest BCUT2D eigenvalue weighted by Crippen LogP contribution is 2.33. The fourth-order valence-corrected chi connectivity index (χ4v) is 5.95. The lowest BCUT2D eigenvalue weighted by Gasteiger charge is -2.32. The SMILES string of the molecule is Cc1ccc(S(=O)(=O)N(CC(=O)N(Cc2ccc(Cl)cc2Cl)[C@@H](C)C(=O)NCC(C)C)c2cccc(C(F)(F)F)c2)cc1. The van der Waals surface area contributed by atoms with Crippen LogP contribution < -0.4 is 9.62 Å². The fourth-order valence-electron chi connectivity index (χ4n) is 4.07. The third-order valence-electron chi connectivity index (χ3n) is 6.56. The van der Waals surface area contributed by atoms with Gasteiger partial charge in [0.1, 0.15) is 12.6 Å². The van der Waals surface area contributed by atoms with E-state index in [2.05, 4.69) is 5.32 Å². The van der Waals surface area contributed by atoms with Gasteiger partial charge in [0.15, 0.2) is 0 Å². The van der Waals surface area contributed by atoms with Crippen LogP contribution in [-0.4, -0.2) is 44.3 Å². The topological polar surface area (TPSA) is 86.8 Å². The van der Waals surface area contributed by atoms with E-state index in [1.807, 2.05) is 13.8 Å². The van der Waals surface area contributed by atoms with Gasteiger partial charge < -0.3 is 10.2 Å². The predicted molar refractivity (Wildman–Crippen MR) is 161 cm³/mol. The van der Waals surface area contributed by atoms with E-state index >= 15 is 0 Å². The summed E-state index contributed by atoms with van der Waals surface area (Å²) in [5, 5.41) is 3.31. The van der Waals surface area contributed by atoms with E-state index in [4.69, 9.17) is 23.2 Å². The number of benzene rings is 3. The maximum atomic E-state index is 14.0. The molecule has 2 amide bonds. The van der Waals surface area contributed by atoms with E-state index in [1.54, 1.807) is 19.1 Å². The standard InChI is InChI=1S/C30H32Cl2F3N3O4S/c1-19(2)16-36-29(40)21(4)37(17-22-10-11-24(31)15-27(22)32)28(39)18-38(25-7-5-6-23(14-25)30(33,34)35)43(41,42)26-12-8-20(3)9-13-26/h5-15,19,21H,16-18H2,1-4H3,(H,36,40)/t21-/m0/s1. The zero-order chi connectivity index (χ0) is 32.1. The van der Waals surface area contributed by atoms with Crippen molar-refractivity contribution in [1.29, 1.82) is 0 Å². The molecule has 0 fully saturated rings. The minimum absolute atomic E-state index is 0.113. The van der Waals surface area contributed by atoms with Gasteiger partial charge in [-0.2, -0.15) is 13.2 Å². The summed E-state index contributed by atoms with van der Waals surface area (Å²) in [6.45, 7) is 6.23. The molecule has 0 spiro atoms. The molecular formula is C30H32Cl2F3N3O4S. The smallest absolute Gasteiger partial charge is 0.354 e. The zero-order valence-corrected chi connectivity index (χ0v) is 26.3. The van der Waals surface area contributed by atoms with Crippen molar-refractivity contribution in [3.63, 3.8) is 0 Å². The van der Waals surface area contributed by atoms with Gasteiger partial charge in [-0.25, -0.2) is 8.42 Å². The van der Waals surface area contributed by atoms with Crippen LogP contribution in [0.1, 0.15) is 37.5 Å². The van der Waals surface area contributed by atoms with Crippen molar-refractivity contribution in [2.24, 2.45) is 5.92 Å². The monoisotopic (exact) mass is 657 g/mol. The number of halogens is 5. The van der Waals surface area contributed by atoms with Gasteiger partial charge in [0.25, 0.3) is 10.0 Å². The summed E-state index contributed by atoms with van der Waals surface area (Å²) in [6.07, 6.45) is -4.76. The van der Waals surface area contributed by atoms with Crippen LogP contribution in [0.25, 0.3) is 0 Å². The van der Waals surface area contributed by atoms with Crippen molar-refractivity contribution in [2.45, 2.75) is 51.4 Å². The highest BCUT2D eigenvalue weighted by molar-refractivity contribution is 7.92. The quantitative estimate of drug-likeness (QED) is 0.248. The lowest BCUT2D eigenvalue weighted by atomic mass is 10.1. The highest BCUT2D eigenvalue weighted by Gasteiger charge is 2.35. The number of nitrogens with zero attached hydrogens (tertiary/aromatic N) is 2. The highest BCUT2D eigenvalue weighted by atomic mass is 35.5. The summed E-state index contributed by atoms with van der Waals surface area (Å²) in [6, 6.07) is 12.9. The van der Waals surface area contributed by atoms with Crippen LogP contribution in [0.15, 0.2) is 71.6 Å². The molecule has 0 aliphatic rings. The van der Waals surface area contributed by atoms with Gasteiger partial charge in [0.2, 0.25) is 11.8 Å². The van der Waals surface area contributed by atoms with E-state index in [1.165, 1.54) is 43.3 Å². The summed E-state index contributed by atoms with van der Waals surface area (Å²) in [4.78, 5) is 27.9. The Kier molecular flexibility index (Phi) is 11.1. The predicted octanol–water partition coefficient (Wildman–Crippen LogP) is 6.71. The normalized spacial score (nSPS) is 12.6. The lowest BCUT2D eigenvalue weighted by molar-refractivity contribution is -0.139. The Bertz CT molecular complexity index is 1570. The second-order valence-corrected chi connectivity index (χ2v) is 13.2. The second kappa shape index (κ2) is 14.0. The number of carbonyl (C=O) groups is 2. The first-order chi connectivity index (χ1) is 20.0. The Labute approximate surface area is 259 Å². The number of alkyl halides is 3. The Morgan fingerprint density at radius 2 is 1.60 bits per heavy atom. The number of sulfonamides is 1. The van der Waals surface area contributed by atoms with E-state index in [-0.39, 0.29) is 28.1 Å². The summed E-state index contributed by atoms with van der Waals surface area (Å²) < 4.78 is 69.1. The van der Waals surface area contributed by atoms with Crippen LogP contribution in [0.4, 0.5) is 18.9 Å². The molecule has 1 atom stereocenters. The molecule has 7 nitrogen and oxygen atoms in total. The van der Waals surface area contributed by atoms with Gasteiger partial charge in [-0.05, 0) is 67.8 Å². The number of carbonyl (C=O) groups excluding carboxylic acids is 2. The van der Waals surface area contributed by atoms with E-state index in [9.17, 15) is 31.2 Å². The van der Waals surface area contributed by atoms with Crippen LogP contribution in [-0.2, 0) is 32.3 Å². The van der Waals surface area contributed by atoms with Crippen molar-refractivity contribution in [1.82, 2.24) is 10.2 Å². The van der Waals surface area contributed by atoms with Crippen LogP contribution in [0.2, 0.25) is 10.0 Å². The molecule has 3 aromatic carbocycles. The Morgan fingerprint density at radius 3 is 2.19 bits per heavy atom. The largest absolute Gasteiger partial charge is 0.416 e. The number of hydrogen-bond donors (Lipinski definition) is 1. The van der Waals surface area contributed by atoms with Crippen molar-refractivity contribution < 1.29 is 31.2 Å². The molecule has 0 bridgehead atoms. The van der Waals surface area contributed by atoms with Gasteiger partial charge in [0.05, 0.1) is 16.1 Å². The second-order valence-electron chi connectivity index (χ2n) is 10.4. The molecule has 0 heterocycles. The molecule has 13 heteroatoms. The summed E-state index contributed by atoms with van der Waals surface area (Å²) in [5.74, 6) is -1.23. The van der Waals surface area contributed by atoms with Crippen LogP contribution in [0.3, 0.4) is 0 Å². The van der Waals surface area contributed by atoms with Crippen LogP contribution in [0.5, 0.6) is 0 Å². The number of rotatable bonds is 11. The maximum Gasteiger partial charge on any atom is 0.416 e. The third kappa shape index (κ3) is 8.87. The third-order valence-corrected chi connectivity index (χ3v) is 8.93. The summed E-state index contributed by atoms with van der Waals surface area (Å²) in [7, 11) is -4.54. The van der Waals surface area contributed by atoms with Gasteiger partial charge >= 0.3 is 6.18 Å². The molecule has 3 aromatic rings. The van der Waals surface area contributed by atoms with E-state index < -0.39 is 46.2 Å². The van der Waals surface area contributed by atoms with Crippen molar-refractivity contribution in [3.8, 4) is 0 Å². The number of aryl methyl sites for hydroxylation is 1. The molecule has 3 rings (SSSR count). The maximum absolute atomic E-state index is 14.0. The molecule has 0 aromatic heterocycles. The average Bonchev–Trinajstić information content (AvgIpc) is 2.93. The summed E-state index contributed by atoms with van der Waals surface area (Å²) >= 11 is 12.4. The molecule has 0 saturated heterocycles. The molecule has 0 unspecified atom stereocenters. The molecular weight excluding hydrogens is 626 g/mol. The first-order valence-electron chi connectivity index (χ1n) is 13.3. The molecule has 0 aliphatic carbocycles. The van der Waals surface area contributed by atoms with E-state index in [0.29, 0.717) is 27.5 Å². The first kappa shape index (κ1) is 34.2. The minimum atomic E-state index is -4.76. The molecule has 0 saturated carbocycles. The average molecular weight is 659 g/mol. The van der Waals surface area contributed by atoms with Gasteiger partial charge in [-0.3, -0.25) is 13.9 Å². The van der Waals surface area contributed by atoms with Crippen molar-refractivity contribution in [3.05, 3.63) is 93.5 Å². The van der Waals surface area contributed by atoms with E-state index in [0.717, 1.165) is 22.6 Å². The Morgan fingerprint density at radius 1 is 0.953 bits per heavy atom. The van der Waals surface area contributed by atoms with Crippen LogP contribution in [0, 0.1) is 12.8 Å². The molecule has 43 heavy (non-hydrogen) atoms. The number of amides is 2. The van der Waals surface area contributed by atoms with Crippen LogP contribution >= 0.6 is 23.2 Å². The Balaban J connectivity index is 2.10. The fraction of sp³-hybridized carbons (Fsp3) is 0.333. The lowest BCUT2D eigenvalue weighted by Crippen LogP contribution is -2.51. The molecule has 0 radical (unpaired) electrons. The van der Waals surface area contributed by atoms with Crippen molar-refractivity contribution in [2.75, 3.05) is 17.4 Å². The number of anilines is 1. The minimum Gasteiger partial charge on any atom is -0.354 e. The molecule has 1 N–H and O–H groups in total. The number of hydrogen-bond acceptors (Lipinski definition) is 4. The summed E-state index contributed by atoms with van der Waals surface area (Å²) in [5.41, 5.74) is -0.277. The first-order valence-corrected chi connectivity index (χ1v) is 15.5. The zero-order valence-electron chi connectivity index (χ0n) is 24.0. The van der Waals surface area contributed by atoms with Crippen molar-refractivity contribution >= 4 is 50.7 Å². The van der Waals surface area contributed by atoms with Gasteiger partial charge in [0, 0.05) is 23.1 Å².